The van der Waals surface area contributed by atoms with Crippen LogP contribution in [0.4, 0.5) is 0 Å². The van der Waals surface area contributed by atoms with Crippen LogP contribution in [-0.2, 0) is 66.4 Å². The number of nitrogens with zero attached hydrogens (tertiary/aromatic N) is 5. The third kappa shape index (κ3) is 14.1. The summed E-state index contributed by atoms with van der Waals surface area (Å²) in [6.07, 6.45) is 13.1. The Hall–Kier alpha value is -7.69. The van der Waals surface area contributed by atoms with Crippen LogP contribution in [0.15, 0.2) is 109 Å². The number of rotatable bonds is 12. The Balaban J connectivity index is 0.000000118. The van der Waals surface area contributed by atoms with Crippen molar-refractivity contribution in [2.75, 3.05) is 26.4 Å². The van der Waals surface area contributed by atoms with Crippen LogP contribution in [0.5, 0.6) is 0 Å². The fourth-order valence-corrected chi connectivity index (χ4v) is 19.3. The summed E-state index contributed by atoms with van der Waals surface area (Å²) in [5.41, 5.74) is -13.0. The summed E-state index contributed by atoms with van der Waals surface area (Å²) in [6.45, 7) is 11.1. The Bertz CT molecular complexity index is 4860. The third-order valence-corrected chi connectivity index (χ3v) is 24.9. The Kier molecular flexibility index (Phi) is 22.3. The summed E-state index contributed by atoms with van der Waals surface area (Å²) in [7, 11) is 0. The minimum atomic E-state index is -1.75. The quantitative estimate of drug-likeness (QED) is 0.0653. The van der Waals surface area contributed by atoms with Crippen LogP contribution >= 0.6 is 0 Å². The van der Waals surface area contributed by atoms with Gasteiger partial charge in [-0.3, -0.25) is 71.7 Å². The van der Waals surface area contributed by atoms with E-state index in [9.17, 15) is 78.3 Å². The number of aliphatic hydroxyl groups is 6. The molecule has 18 atom stereocenters. The van der Waals surface area contributed by atoms with Crippen LogP contribution in [0.3, 0.4) is 0 Å². The zero-order valence-electron chi connectivity index (χ0n) is 64.1. The van der Waals surface area contributed by atoms with Gasteiger partial charge in [-0.2, -0.15) is 0 Å². The lowest BCUT2D eigenvalue weighted by molar-refractivity contribution is -0.256. The highest BCUT2D eigenvalue weighted by Crippen LogP contribution is 2.62. The fourth-order valence-electron chi connectivity index (χ4n) is 19.3. The van der Waals surface area contributed by atoms with Crippen LogP contribution in [0, 0.1) is 0 Å². The number of aliphatic hydroxyl groups excluding tert-OH is 5. The van der Waals surface area contributed by atoms with E-state index in [1.165, 1.54) is 74.2 Å². The summed E-state index contributed by atoms with van der Waals surface area (Å²) in [4.78, 5) is 139. The molecule has 0 radical (unpaired) electrons. The summed E-state index contributed by atoms with van der Waals surface area (Å²) < 4.78 is 85.6. The zero-order valence-corrected chi connectivity index (χ0v) is 64.1. The zero-order chi connectivity index (χ0) is 81.7. The van der Waals surface area contributed by atoms with Gasteiger partial charge in [-0.05, 0) is 98.8 Å². The van der Waals surface area contributed by atoms with Crippen LogP contribution in [0.2, 0.25) is 0 Å². The van der Waals surface area contributed by atoms with Crippen molar-refractivity contribution in [3.63, 3.8) is 0 Å². The minimum absolute atomic E-state index is 0.228. The first-order valence-electron chi connectivity index (χ1n) is 38.8. The number of carbonyl (C=O) groups is 1. The first-order valence-corrected chi connectivity index (χ1v) is 38.8. The largest absolute Gasteiger partial charge is 0.394 e. The second-order valence-corrected chi connectivity index (χ2v) is 32.5. The molecule has 0 bridgehead atoms. The van der Waals surface area contributed by atoms with E-state index < -0.39 is 212 Å². The van der Waals surface area contributed by atoms with Gasteiger partial charge in [-0.1, -0.05) is 13.8 Å². The van der Waals surface area contributed by atoms with E-state index in [0.717, 1.165) is 120 Å². The molecule has 14 heterocycles. The van der Waals surface area contributed by atoms with E-state index in [1.54, 1.807) is 13.8 Å². The number of H-pyrrole nitrogens is 5. The van der Waals surface area contributed by atoms with Crippen LogP contribution in [0.1, 0.15) is 195 Å². The molecule has 11 N–H and O–H groups in total. The van der Waals surface area contributed by atoms with Crippen LogP contribution in [0.25, 0.3) is 0 Å². The number of fused-ring (bicyclic) bond motifs is 4. The normalized spacial score (nSPS) is 36.6. The standard InChI is InChI=1S/C18H26N2O5.C16H22N2O7.C15H20N2O6.C15H18N2O6.C10H14N2O6/c1-4-17(5-2)13-16(3,25-18(23-13)9-6-7-10-18)14(24-17)20-11-8-12(21)19-15(20)22;1-14-11(23-16(25-14)5-2-3-6-16)15(8-19,9-20)24-12(14)18-7-4-10(21)17-13(18)22;2*1-14-11(22-15(23-14)5-2-3-6-15)9(8-18)21-12(14)17-7-4-10(19)16-13(17)20;1-10(17)7(15)5(4-13)18-8(10)12-3-2-6(14)11-9(12)16/h8,11,13-14H,4-7,9-10H2,1-3H3,(H,19,21,22);4,7,11-12,19-20H,2-3,5-6,8-9H2,1H3,(H,17,21,22);4,7,9,11-12,18H,2-3,5-6,8H2,1H3,(H,16,19,20);4,7-9,11-12H,2-3,5-6H2,1H3,(H,16,19,20);2-3,5,7-8,13,15,17H,4H2,1H3,(H,11,14,16)/t13-,14+,16+;11-,12+,14+;2*9-,11-,12-,14-;5-,7-,8-,10-/m00111/s1. The molecule has 0 unspecified atom stereocenters. The summed E-state index contributed by atoms with van der Waals surface area (Å²) in [5, 5.41) is 58.4. The Morgan fingerprint density at radius 1 is 0.395 bits per heavy atom. The predicted molar refractivity (Wildman–Crippen MR) is 388 cm³/mol. The van der Waals surface area contributed by atoms with E-state index in [2.05, 4.69) is 33.8 Å². The molecule has 18 rings (SSSR count). The van der Waals surface area contributed by atoms with Crippen molar-refractivity contribution in [1.29, 1.82) is 0 Å². The molecule has 9 aliphatic heterocycles. The van der Waals surface area contributed by atoms with Gasteiger partial charge in [0.1, 0.15) is 82.4 Å². The second kappa shape index (κ2) is 30.7. The first-order chi connectivity index (χ1) is 54.1. The van der Waals surface area contributed by atoms with E-state index in [1.807, 2.05) is 18.8 Å². The first kappa shape index (κ1) is 82.8. The van der Waals surface area contributed by atoms with Crippen molar-refractivity contribution >= 4 is 6.29 Å². The molecule has 5 aromatic heterocycles. The maximum atomic E-state index is 12.4. The van der Waals surface area contributed by atoms with Gasteiger partial charge in [-0.15, -0.1) is 0 Å². The minimum Gasteiger partial charge on any atom is -0.394 e. The SMILES string of the molecule is CCC1(CC)O[C@@H](n2ccc(=O)[nH]c2=O)[C@]2(C)OC3(CCCC3)O[C@H]12.C[C@@]1(O)[C@H](O)[C@@H](CO)O[C@H]1n1ccc(=O)[nH]c1=O.C[C@@]12OC3(CCCC3)O[C@@H]1C(CO)(CO)O[C@H]2n1ccc(=O)[nH]c1=O.C[C@@]12OC3(CCCC3)O[C@@H]1[C@@H](C=O)O[C@H]2n1ccc(=O)[nH]c1=O.C[C@@]12OC3(CCCC3)O[C@@H]1[C@@H](CO)O[C@H]2n1ccc(=O)[nH]c1=O. The van der Waals surface area contributed by atoms with Gasteiger partial charge in [0.15, 0.2) is 60.6 Å². The average molecular weight is 1610 g/mol. The Morgan fingerprint density at radius 3 is 1.03 bits per heavy atom. The maximum Gasteiger partial charge on any atom is 0.330 e. The van der Waals surface area contributed by atoms with Gasteiger partial charge in [0.2, 0.25) is 0 Å². The van der Waals surface area contributed by atoms with Gasteiger partial charge in [0.25, 0.3) is 27.8 Å². The highest BCUT2D eigenvalue weighted by molar-refractivity contribution is 5.59. The summed E-state index contributed by atoms with van der Waals surface area (Å²) in [6, 6.07) is 6.14. The highest BCUT2D eigenvalue weighted by atomic mass is 16.8. The highest BCUT2D eigenvalue weighted by Gasteiger charge is 2.74. The fraction of sp³-hybridized carbons (Fsp3) is 0.716. The van der Waals surface area contributed by atoms with Gasteiger partial charge < -0.3 is 97.0 Å². The lowest BCUT2D eigenvalue weighted by Gasteiger charge is -2.34. The number of nitrogens with one attached hydrogen (secondary N) is 5. The molecule has 13 aliphatic rings. The number of aromatic nitrogens is 10. The van der Waals surface area contributed by atoms with E-state index >= 15 is 0 Å². The van der Waals surface area contributed by atoms with Crippen molar-refractivity contribution < 1.29 is 97.0 Å². The molecule has 4 saturated carbocycles. The average Bonchev–Trinajstić information content (AvgIpc) is 1.54. The Morgan fingerprint density at radius 2 is 0.693 bits per heavy atom. The molecule has 4 spiro atoms. The van der Waals surface area contributed by atoms with Crippen molar-refractivity contribution in [2.45, 2.75) is 306 Å². The van der Waals surface area contributed by atoms with Gasteiger partial charge in [0, 0.05) is 113 Å². The summed E-state index contributed by atoms with van der Waals surface area (Å²) >= 11 is 0. The number of ether oxygens (including phenoxy) is 13. The smallest absolute Gasteiger partial charge is 0.330 e. The molecular weight excluding hydrogens is 1510 g/mol. The maximum absolute atomic E-state index is 12.4. The number of hydrogen-bond acceptors (Lipinski definition) is 30. The van der Waals surface area contributed by atoms with E-state index in [-0.39, 0.29) is 12.7 Å². The number of aldehydes is 1. The molecule has 0 aromatic carbocycles. The second-order valence-electron chi connectivity index (χ2n) is 32.5. The molecule has 4 aliphatic carbocycles. The molecule has 626 valence electrons. The van der Waals surface area contributed by atoms with Gasteiger partial charge >= 0.3 is 28.4 Å². The number of carbonyl (C=O) groups excluding carboxylic acids is 1. The molecule has 5 aromatic rings. The van der Waals surface area contributed by atoms with Crippen molar-refractivity contribution in [3.05, 3.63) is 166 Å². The van der Waals surface area contributed by atoms with Crippen LogP contribution < -0.4 is 56.2 Å². The van der Waals surface area contributed by atoms with Gasteiger partial charge in [0.05, 0.1) is 32.0 Å². The van der Waals surface area contributed by atoms with E-state index in [0.29, 0.717) is 19.1 Å². The van der Waals surface area contributed by atoms with E-state index in [4.69, 9.17) is 66.7 Å². The third-order valence-electron chi connectivity index (χ3n) is 24.9. The lowest BCUT2D eigenvalue weighted by atomic mass is 9.84. The van der Waals surface area contributed by atoms with Crippen LogP contribution in [-0.4, -0.2) is 222 Å². The Labute approximate surface area is 647 Å². The molecule has 9 saturated heterocycles. The molecule has 114 heavy (non-hydrogen) atoms. The molecular formula is C74H100N10O30. The number of aromatic amines is 5. The number of hydrogen-bond donors (Lipinski definition) is 11. The molecule has 13 fully saturated rings. The lowest BCUT2D eigenvalue weighted by Crippen LogP contribution is -2.52. The summed E-state index contributed by atoms with van der Waals surface area (Å²) in [5.74, 6) is -2.71. The molecule has 40 heteroatoms. The van der Waals surface area contributed by atoms with Crippen molar-refractivity contribution in [2.24, 2.45) is 0 Å². The molecule has 0 amide bonds. The van der Waals surface area contributed by atoms with Crippen molar-refractivity contribution in [1.82, 2.24) is 47.8 Å². The molecule has 40 nitrogen and oxygen atoms in total. The van der Waals surface area contributed by atoms with Gasteiger partial charge in [-0.25, -0.2) is 24.0 Å². The predicted octanol–water partition coefficient (Wildman–Crippen LogP) is -1.21. The topological polar surface area (TPSA) is 533 Å². The monoisotopic (exact) mass is 1610 g/mol. The van der Waals surface area contributed by atoms with Crippen molar-refractivity contribution in [3.8, 4) is 0 Å².